The van der Waals surface area contributed by atoms with Crippen LogP contribution < -0.4 is 4.74 Å². The predicted octanol–water partition coefficient (Wildman–Crippen LogP) is 2.22. The number of likely N-dealkylation sites (tertiary alicyclic amines) is 1. The third kappa shape index (κ3) is 3.65. The van der Waals surface area contributed by atoms with Crippen molar-refractivity contribution in [3.63, 3.8) is 0 Å². The van der Waals surface area contributed by atoms with Crippen LogP contribution in [0.5, 0.6) is 5.75 Å². The number of nitrogens with zero attached hydrogens (tertiary/aromatic N) is 5. The number of pyridine rings is 1. The van der Waals surface area contributed by atoms with Gasteiger partial charge in [-0.3, -0.25) is 9.78 Å². The number of hydrogen-bond acceptors (Lipinski definition) is 5. The molecule has 2 aliphatic rings. The molecule has 0 bridgehead atoms. The number of carbonyl (C=O) groups excluding carboxylic acids is 1. The van der Waals surface area contributed by atoms with Gasteiger partial charge >= 0.3 is 0 Å². The van der Waals surface area contributed by atoms with Crippen molar-refractivity contribution >= 4 is 5.91 Å². The lowest BCUT2D eigenvalue weighted by Crippen LogP contribution is -2.33. The van der Waals surface area contributed by atoms with Gasteiger partial charge in [0.25, 0.3) is 0 Å². The predicted molar refractivity (Wildman–Crippen MR) is 90.8 cm³/mol. The van der Waals surface area contributed by atoms with E-state index in [1.807, 2.05) is 27.9 Å². The van der Waals surface area contributed by atoms with Crippen LogP contribution in [0.1, 0.15) is 43.8 Å². The van der Waals surface area contributed by atoms with Gasteiger partial charge in [-0.05, 0) is 31.4 Å². The van der Waals surface area contributed by atoms with E-state index >= 15 is 0 Å². The lowest BCUT2D eigenvalue weighted by molar-refractivity contribution is -0.134. The van der Waals surface area contributed by atoms with E-state index in [0.717, 1.165) is 43.8 Å². The number of carbonyl (C=O) groups is 1. The maximum Gasteiger partial charge on any atom is 0.225 e. The Morgan fingerprint density at radius 1 is 1.20 bits per heavy atom. The molecule has 1 amide bonds. The third-order valence-corrected chi connectivity index (χ3v) is 5.15. The summed E-state index contributed by atoms with van der Waals surface area (Å²) >= 11 is 0. The SMILES string of the molecule is O=C(C1CCCC1)N1CCC(n2cc(COc3ccncc3)nn2)C1. The normalized spacial score (nSPS) is 21.0. The summed E-state index contributed by atoms with van der Waals surface area (Å²) in [4.78, 5) is 18.5. The Hall–Kier alpha value is -2.44. The summed E-state index contributed by atoms with van der Waals surface area (Å²) in [6.45, 7) is 1.94. The quantitative estimate of drug-likeness (QED) is 0.834. The van der Waals surface area contributed by atoms with E-state index in [4.69, 9.17) is 4.74 Å². The smallest absolute Gasteiger partial charge is 0.225 e. The van der Waals surface area contributed by atoms with Crippen LogP contribution in [0, 0.1) is 5.92 Å². The van der Waals surface area contributed by atoms with E-state index in [0.29, 0.717) is 12.5 Å². The first-order valence-corrected chi connectivity index (χ1v) is 9.02. The second-order valence-electron chi connectivity index (χ2n) is 6.87. The molecular weight excluding hydrogens is 318 g/mol. The minimum absolute atomic E-state index is 0.215. The largest absolute Gasteiger partial charge is 0.487 e. The first kappa shape index (κ1) is 16.1. The van der Waals surface area contributed by atoms with Crippen LogP contribution in [0.4, 0.5) is 0 Å². The van der Waals surface area contributed by atoms with Crippen LogP contribution in [-0.4, -0.2) is 43.9 Å². The summed E-state index contributed by atoms with van der Waals surface area (Å²) < 4.78 is 7.56. The van der Waals surface area contributed by atoms with Crippen molar-refractivity contribution in [2.75, 3.05) is 13.1 Å². The van der Waals surface area contributed by atoms with Gasteiger partial charge in [-0.2, -0.15) is 0 Å². The van der Waals surface area contributed by atoms with Crippen molar-refractivity contribution in [2.24, 2.45) is 5.92 Å². The molecule has 132 valence electrons. The standard InChI is InChI=1S/C18H23N5O2/c24-18(14-3-1-2-4-14)22-10-7-16(12-22)23-11-15(20-21-23)13-25-17-5-8-19-9-6-17/h5-6,8-9,11,14,16H,1-4,7,10,12-13H2. The Kier molecular flexibility index (Phi) is 4.63. The molecular formula is C18H23N5O2. The fourth-order valence-corrected chi connectivity index (χ4v) is 3.74. The lowest BCUT2D eigenvalue weighted by atomic mass is 10.1. The van der Waals surface area contributed by atoms with Gasteiger partial charge < -0.3 is 9.64 Å². The maximum absolute atomic E-state index is 12.5. The fraction of sp³-hybridized carbons (Fsp3) is 0.556. The van der Waals surface area contributed by atoms with Crippen molar-refractivity contribution < 1.29 is 9.53 Å². The van der Waals surface area contributed by atoms with Gasteiger partial charge in [0, 0.05) is 31.4 Å². The molecule has 3 heterocycles. The molecule has 1 aliphatic carbocycles. The van der Waals surface area contributed by atoms with Crippen LogP contribution in [0.3, 0.4) is 0 Å². The average Bonchev–Trinajstić information content (AvgIpc) is 3.41. The van der Waals surface area contributed by atoms with Crippen LogP contribution in [0.15, 0.2) is 30.7 Å². The summed E-state index contributed by atoms with van der Waals surface area (Å²) in [6, 6.07) is 3.84. The summed E-state index contributed by atoms with van der Waals surface area (Å²) in [5.41, 5.74) is 0.789. The molecule has 1 unspecified atom stereocenters. The van der Waals surface area contributed by atoms with E-state index in [-0.39, 0.29) is 12.0 Å². The van der Waals surface area contributed by atoms with Crippen molar-refractivity contribution in [3.8, 4) is 5.75 Å². The Bertz CT molecular complexity index is 711. The monoisotopic (exact) mass is 341 g/mol. The van der Waals surface area contributed by atoms with Gasteiger partial charge in [-0.1, -0.05) is 18.1 Å². The Morgan fingerprint density at radius 2 is 2.00 bits per heavy atom. The molecule has 0 aromatic carbocycles. The summed E-state index contributed by atoms with van der Waals surface area (Å²) in [6.07, 6.45) is 10.7. The summed E-state index contributed by atoms with van der Waals surface area (Å²) in [5.74, 6) is 1.35. The van der Waals surface area contributed by atoms with Crippen molar-refractivity contribution in [1.82, 2.24) is 24.9 Å². The minimum Gasteiger partial charge on any atom is -0.487 e. The third-order valence-electron chi connectivity index (χ3n) is 5.15. The number of rotatable bonds is 5. The second kappa shape index (κ2) is 7.21. The lowest BCUT2D eigenvalue weighted by Gasteiger charge is -2.20. The number of hydrogen-bond donors (Lipinski definition) is 0. The summed E-state index contributed by atoms with van der Waals surface area (Å²) in [7, 11) is 0. The molecule has 1 atom stereocenters. The molecule has 7 nitrogen and oxygen atoms in total. The van der Waals surface area contributed by atoms with Crippen LogP contribution in [0.2, 0.25) is 0 Å². The van der Waals surface area contributed by atoms with Crippen molar-refractivity contribution in [3.05, 3.63) is 36.4 Å². The van der Waals surface area contributed by atoms with E-state index in [9.17, 15) is 4.79 Å². The minimum atomic E-state index is 0.215. The van der Waals surface area contributed by atoms with Gasteiger partial charge in [-0.15, -0.1) is 5.10 Å². The van der Waals surface area contributed by atoms with Crippen molar-refractivity contribution in [2.45, 2.75) is 44.8 Å². The molecule has 0 spiro atoms. The van der Waals surface area contributed by atoms with Crippen LogP contribution >= 0.6 is 0 Å². The first-order chi connectivity index (χ1) is 12.3. The molecule has 2 aromatic rings. The van der Waals surface area contributed by atoms with E-state index in [2.05, 4.69) is 15.3 Å². The molecule has 0 N–H and O–H groups in total. The zero-order valence-electron chi connectivity index (χ0n) is 14.3. The van der Waals surface area contributed by atoms with E-state index in [1.165, 1.54) is 12.8 Å². The molecule has 2 aromatic heterocycles. The fourth-order valence-electron chi connectivity index (χ4n) is 3.74. The van der Waals surface area contributed by atoms with Gasteiger partial charge in [0.2, 0.25) is 5.91 Å². The molecule has 2 fully saturated rings. The Morgan fingerprint density at radius 3 is 2.80 bits per heavy atom. The highest BCUT2D eigenvalue weighted by molar-refractivity contribution is 5.79. The zero-order chi connectivity index (χ0) is 17.1. The van der Waals surface area contributed by atoms with E-state index in [1.54, 1.807) is 12.4 Å². The highest BCUT2D eigenvalue weighted by Crippen LogP contribution is 2.29. The molecule has 1 saturated heterocycles. The van der Waals surface area contributed by atoms with Gasteiger partial charge in [-0.25, -0.2) is 4.68 Å². The number of ether oxygens (including phenoxy) is 1. The summed E-state index contributed by atoms with van der Waals surface area (Å²) in [5, 5.41) is 8.43. The molecule has 4 rings (SSSR count). The van der Waals surface area contributed by atoms with Gasteiger partial charge in [0.1, 0.15) is 18.1 Å². The first-order valence-electron chi connectivity index (χ1n) is 9.02. The highest BCUT2D eigenvalue weighted by atomic mass is 16.5. The number of aromatic nitrogens is 4. The second-order valence-corrected chi connectivity index (χ2v) is 6.87. The number of amides is 1. The Labute approximate surface area is 147 Å². The van der Waals surface area contributed by atoms with Crippen LogP contribution in [-0.2, 0) is 11.4 Å². The average molecular weight is 341 g/mol. The molecule has 0 radical (unpaired) electrons. The topological polar surface area (TPSA) is 73.1 Å². The van der Waals surface area contributed by atoms with Crippen LogP contribution in [0.25, 0.3) is 0 Å². The maximum atomic E-state index is 12.5. The van der Waals surface area contributed by atoms with E-state index < -0.39 is 0 Å². The van der Waals surface area contributed by atoms with Crippen molar-refractivity contribution in [1.29, 1.82) is 0 Å². The molecule has 1 aliphatic heterocycles. The highest BCUT2D eigenvalue weighted by Gasteiger charge is 2.33. The van der Waals surface area contributed by atoms with Gasteiger partial charge in [0.15, 0.2) is 0 Å². The molecule has 1 saturated carbocycles. The molecule has 25 heavy (non-hydrogen) atoms. The molecule has 7 heteroatoms. The van der Waals surface area contributed by atoms with Gasteiger partial charge in [0.05, 0.1) is 12.2 Å². The zero-order valence-corrected chi connectivity index (χ0v) is 14.3. The Balaban J connectivity index is 1.32.